The van der Waals surface area contributed by atoms with E-state index in [1.165, 1.54) is 22.6 Å². The van der Waals surface area contributed by atoms with Gasteiger partial charge in [0.1, 0.15) is 60.4 Å². The van der Waals surface area contributed by atoms with Gasteiger partial charge in [-0.15, -0.1) is 23.4 Å². The lowest BCUT2D eigenvalue weighted by Gasteiger charge is -2.35. The molecular weight excluding hydrogens is 1620 g/mol. The van der Waals surface area contributed by atoms with Crippen LogP contribution in [0.3, 0.4) is 0 Å². The number of amides is 2. The second kappa shape index (κ2) is 38.5. The fraction of sp³-hybridized carbons (Fsp3) is 0.617. The summed E-state index contributed by atoms with van der Waals surface area (Å²) in [6.07, 6.45) is 11.3. The zero-order valence-electron chi connectivity index (χ0n) is 73.8. The number of likely N-dealkylation sites (tertiary alicyclic amines) is 2. The van der Waals surface area contributed by atoms with Crippen molar-refractivity contribution in [2.45, 2.75) is 208 Å². The van der Waals surface area contributed by atoms with E-state index in [4.69, 9.17) is 59.8 Å². The van der Waals surface area contributed by atoms with Crippen molar-refractivity contribution >= 4 is 92.3 Å². The van der Waals surface area contributed by atoms with Crippen molar-refractivity contribution in [1.29, 1.82) is 0 Å². The lowest BCUT2D eigenvalue weighted by molar-refractivity contribution is -0.157. The molecule has 125 heavy (non-hydrogen) atoms. The normalized spacial score (nSPS) is 27.2. The molecule has 16 rings (SSSR count). The third-order valence-corrected chi connectivity index (χ3v) is 27.1. The van der Waals surface area contributed by atoms with Crippen molar-refractivity contribution in [2.24, 2.45) is 69.0 Å². The van der Waals surface area contributed by atoms with Crippen molar-refractivity contribution in [3.05, 3.63) is 103 Å². The van der Waals surface area contributed by atoms with Crippen molar-refractivity contribution in [1.82, 2.24) is 49.1 Å². The van der Waals surface area contributed by atoms with E-state index in [1.807, 2.05) is 122 Å². The Kier molecular flexibility index (Phi) is 28.2. The highest BCUT2D eigenvalue weighted by atomic mass is 35.5. The Hall–Kier alpha value is -9.59. The minimum absolute atomic E-state index is 0.00614. The van der Waals surface area contributed by atoms with E-state index < -0.39 is 81.7 Å². The summed E-state index contributed by atoms with van der Waals surface area (Å²) < 4.78 is 44.8. The monoisotopic (exact) mass is 1740 g/mol. The van der Waals surface area contributed by atoms with Crippen LogP contribution in [0.25, 0.3) is 33.4 Å². The number of allylic oxidation sites excluding steroid dienone is 2. The first-order valence-corrected chi connectivity index (χ1v) is 45.1. The van der Waals surface area contributed by atoms with Crippen LogP contribution in [0.15, 0.2) is 98.4 Å². The number of aliphatic carboxylic acids is 2. The molecule has 5 N–H and O–H groups in total. The Morgan fingerprint density at radius 2 is 0.984 bits per heavy atom. The summed E-state index contributed by atoms with van der Waals surface area (Å²) in [7, 11) is 0. The highest BCUT2D eigenvalue weighted by molar-refractivity contribution is 6.35. The fourth-order valence-corrected chi connectivity index (χ4v) is 19.4. The van der Waals surface area contributed by atoms with Crippen LogP contribution in [-0.4, -0.2) is 252 Å². The first-order valence-electron chi connectivity index (χ1n) is 44.7. The number of morpholine rings is 2. The van der Waals surface area contributed by atoms with Crippen LogP contribution < -0.4 is 24.8 Å². The average Bonchev–Trinajstić information content (AvgIpc) is 1.59. The molecular formula is C94H125ClN12O18. The number of carbonyl (C=O) groups excluding carboxylic acids is 6. The van der Waals surface area contributed by atoms with Crippen LogP contribution >= 0.6 is 11.6 Å². The maximum Gasteiger partial charge on any atom is 0.310 e. The summed E-state index contributed by atoms with van der Waals surface area (Å²) in [6.45, 7) is 36.5. The SMILES string of the molecule is C=C[C@@H]1CC1(CC(=O)[C@@H]1C[C@@H](O)CN1C(=O)[C@@H](CC(=O)OC1CC2C[C@H]2C1)C(C)(C)C)C(=O)O.C=C[C@@H]1C[C@]1(CC(=O)[C@@H]1C[C@@H](Oc2cc(-n3ccc(NC(C)C)n3)nc3cc(OCCN4CCOCC4)ccc23)CN1C(=O)[C@@H](CC(=O)OC1CC2C[C@H]2C1)C(C)(C)C)C(=O)O.CC(C)Nc1ccn(-c2cc(Cl)c3ccc(OCCN4CCOCC4)cc3n2)n1. The number of halogens is 1. The second-order valence-electron chi connectivity index (χ2n) is 38.9. The van der Waals surface area contributed by atoms with Crippen molar-refractivity contribution in [3.8, 4) is 28.9 Å². The van der Waals surface area contributed by atoms with E-state index in [0.717, 1.165) is 101 Å². The number of esters is 2. The molecule has 6 aliphatic carbocycles. The summed E-state index contributed by atoms with van der Waals surface area (Å²) in [5.41, 5.74) is -2.26. The molecule has 4 aliphatic heterocycles. The number of ketones is 2. The van der Waals surface area contributed by atoms with E-state index in [0.29, 0.717) is 114 Å². The van der Waals surface area contributed by atoms with Crippen molar-refractivity contribution in [2.75, 3.05) is 103 Å². The number of ether oxygens (including phenoxy) is 7. The van der Waals surface area contributed by atoms with Crippen molar-refractivity contribution in [3.63, 3.8) is 0 Å². The van der Waals surface area contributed by atoms with E-state index in [1.54, 1.807) is 27.6 Å². The number of carbonyl (C=O) groups is 8. The molecule has 0 spiro atoms. The van der Waals surface area contributed by atoms with E-state index in [2.05, 4.69) is 52.5 Å². The number of anilines is 2. The molecule has 2 aromatic carbocycles. The van der Waals surface area contributed by atoms with Gasteiger partial charge in [0.05, 0.1) is 103 Å². The van der Waals surface area contributed by atoms with E-state index in [9.17, 15) is 53.7 Å². The fourth-order valence-electron chi connectivity index (χ4n) is 19.1. The molecule has 0 bridgehead atoms. The number of nitrogens with one attached hydrogen (secondary N) is 2. The Morgan fingerprint density at radius 1 is 0.560 bits per heavy atom. The second-order valence-corrected chi connectivity index (χ2v) is 39.3. The zero-order valence-corrected chi connectivity index (χ0v) is 74.6. The van der Waals surface area contributed by atoms with Gasteiger partial charge in [0, 0.05) is 143 Å². The zero-order chi connectivity index (χ0) is 89.1. The molecule has 16 atom stereocenters. The lowest BCUT2D eigenvalue weighted by Crippen LogP contribution is -2.48. The van der Waals surface area contributed by atoms with Crippen LogP contribution in [-0.2, 0) is 57.3 Å². The third kappa shape index (κ3) is 22.3. The van der Waals surface area contributed by atoms with Gasteiger partial charge in [0.25, 0.3) is 0 Å². The van der Waals surface area contributed by atoms with Gasteiger partial charge in [-0.25, -0.2) is 19.3 Å². The number of hydrogen-bond acceptors (Lipinski definition) is 24. The number of aliphatic hydroxyl groups excluding tert-OH is 1. The summed E-state index contributed by atoms with van der Waals surface area (Å²) in [5, 5.41) is 48.3. The van der Waals surface area contributed by atoms with Crippen molar-refractivity contribution < 1.29 is 86.8 Å². The minimum atomic E-state index is -1.26. The molecule has 0 radical (unpaired) electrons. The van der Waals surface area contributed by atoms with Gasteiger partial charge in [-0.2, -0.15) is 0 Å². The molecule has 10 fully saturated rings. The van der Waals surface area contributed by atoms with Gasteiger partial charge in [0.2, 0.25) is 11.8 Å². The van der Waals surface area contributed by atoms with Crippen LogP contribution in [0.1, 0.15) is 159 Å². The smallest absolute Gasteiger partial charge is 0.310 e. The Bertz CT molecular complexity index is 4930. The number of fused-ring (bicyclic) bond motifs is 4. The number of benzene rings is 2. The minimum Gasteiger partial charge on any atom is -0.492 e. The highest BCUT2D eigenvalue weighted by Crippen LogP contribution is 2.59. The number of carboxylic acids is 2. The molecule has 8 heterocycles. The van der Waals surface area contributed by atoms with Gasteiger partial charge in [-0.1, -0.05) is 65.3 Å². The number of carboxylic acid groups (broad SMARTS) is 2. The molecule has 31 heteroatoms. The molecule has 4 aromatic heterocycles. The van der Waals surface area contributed by atoms with Crippen LogP contribution in [0, 0.1) is 69.0 Å². The average molecular weight is 1750 g/mol. The number of rotatable bonds is 34. The van der Waals surface area contributed by atoms with E-state index in [-0.39, 0.29) is 105 Å². The van der Waals surface area contributed by atoms with Crippen LogP contribution in [0.2, 0.25) is 5.02 Å². The Balaban J connectivity index is 0.000000169. The van der Waals surface area contributed by atoms with Crippen LogP contribution in [0.4, 0.5) is 11.6 Å². The third-order valence-electron chi connectivity index (χ3n) is 26.8. The van der Waals surface area contributed by atoms with Gasteiger partial charge in [-0.3, -0.25) is 48.2 Å². The number of pyridine rings is 2. The number of β-amino-alcohol motifs (C(OH)–C–C–N with tert-alkyl or cyclic N) is 1. The number of nitrogens with zero attached hydrogens (tertiary/aromatic N) is 10. The number of Topliss-reactive ketones (excluding diaryl/α,β-unsaturated/α-hetero) is 2. The summed E-state index contributed by atoms with van der Waals surface area (Å²) in [6, 6.07) is 17.5. The number of hydrogen-bond donors (Lipinski definition) is 5. The predicted octanol–water partition coefficient (Wildman–Crippen LogP) is 12.1. The number of aromatic nitrogens is 6. The molecule has 10 aliphatic rings. The topological polar surface area (TPSA) is 360 Å². The molecule has 676 valence electrons. The highest BCUT2D eigenvalue weighted by Gasteiger charge is 2.63. The standard InChI is InChI=1S/C47H62N6O9.C26H37NO7.C21H26ClN5O2/c1-7-31-25-47(31,45(57)58)26-39(54)38-22-34(27-52(38)44(56)36(46(4,5)6)23-43(55)62-33-19-29-18-30(29)20-33)61-40-24-42(53-11-10-41(50-53)48-28(2)3)49-37-21-32(8-9-35(37)40)60-17-14-51-12-15-59-16-13-51;1-5-16-11-26(16,24(32)33)12-21(29)20-9-17(28)13-27(20)23(31)19(25(2,3)4)10-22(30)34-18-7-14-6-15(14)8-18;1-15(2)23-20-5-6-27(25-20)21-14-18(22)17-4-3-16(13-19(17)24-21)29-12-9-26-7-10-28-11-8-26/h7-11,21,24,28-31,33-34,36,38H,1,12-20,22-23,25-27H2,2-6H3,(H,48,50)(H,57,58);5,14-20,28H,1,6-13H2,2-4H3,(H,32,33);3-6,13-15H,7-12H2,1-2H3,(H,23,25)/t29-,30?,31+,33?,34+,36+,38-,47+;14-,15?,16+,17+,18?,19+,20-,26?;/m00./s1. The largest absolute Gasteiger partial charge is 0.492 e. The molecule has 2 amide bonds. The molecule has 30 nitrogen and oxygen atoms in total. The van der Waals surface area contributed by atoms with Gasteiger partial charge in [0.15, 0.2) is 23.2 Å². The first kappa shape index (κ1) is 91.6. The first-order chi connectivity index (χ1) is 59.5. The van der Waals surface area contributed by atoms with Gasteiger partial charge < -0.3 is 68.9 Å². The van der Waals surface area contributed by atoms with Gasteiger partial charge >= 0.3 is 23.9 Å². The molecule has 6 aromatic rings. The van der Waals surface area contributed by atoms with Gasteiger partial charge in [-0.05, 0) is 150 Å². The molecule has 5 unspecified atom stereocenters. The summed E-state index contributed by atoms with van der Waals surface area (Å²) in [4.78, 5) is 124. The summed E-state index contributed by atoms with van der Waals surface area (Å²) in [5.74, 6) is 0.721. The Morgan fingerprint density at radius 3 is 1.41 bits per heavy atom. The maximum atomic E-state index is 14.9. The molecule has 6 saturated carbocycles. The van der Waals surface area contributed by atoms with E-state index >= 15 is 0 Å². The Labute approximate surface area is 736 Å². The predicted molar refractivity (Wildman–Crippen MR) is 469 cm³/mol. The molecule has 4 saturated heterocycles. The number of aliphatic hydroxyl groups is 1. The van der Waals surface area contributed by atoms with Crippen LogP contribution in [0.5, 0.6) is 17.2 Å². The summed E-state index contributed by atoms with van der Waals surface area (Å²) >= 11 is 6.51. The quantitative estimate of drug-likeness (QED) is 0.0185. The maximum absolute atomic E-state index is 14.9. The lowest BCUT2D eigenvalue weighted by atomic mass is 9.77.